The first kappa shape index (κ1) is 109. The Balaban J connectivity index is 0.000000155. The van der Waals surface area contributed by atoms with Gasteiger partial charge in [-0.05, 0) is 286 Å². The highest BCUT2D eigenvalue weighted by Crippen LogP contribution is 2.49. The average molecular weight is 1960 g/mol. The predicted octanol–water partition coefficient (Wildman–Crippen LogP) is 31.3. The molecule has 2 N–H and O–H groups in total. The number of carbonyl (C=O) groups excluding carboxylic acids is 2. The van der Waals surface area contributed by atoms with Crippen molar-refractivity contribution in [2.45, 2.75) is 244 Å². The Morgan fingerprint density at radius 1 is 0.531 bits per heavy atom. The summed E-state index contributed by atoms with van der Waals surface area (Å²) in [5, 5.41) is 15.5. The molecule has 15 nitrogen and oxygen atoms in total. The van der Waals surface area contributed by atoms with Crippen LogP contribution in [-0.2, 0) is 36.4 Å². The molecule has 0 saturated heterocycles. The number of amides is 1. The van der Waals surface area contributed by atoms with Crippen molar-refractivity contribution in [3.63, 3.8) is 0 Å². The van der Waals surface area contributed by atoms with Crippen LogP contribution < -0.4 is 9.62 Å². The number of pyridine rings is 2. The van der Waals surface area contributed by atoms with E-state index in [2.05, 4.69) is 191 Å². The normalized spacial score (nSPS) is 15.8. The second-order valence-corrected chi connectivity index (χ2v) is 42.8. The third-order valence-corrected chi connectivity index (χ3v) is 28.1. The molecule has 21 heteroatoms. The molecule has 6 atom stereocenters. The number of nitrogens with zero attached hydrogens (tertiary/aromatic N) is 7. The van der Waals surface area contributed by atoms with Gasteiger partial charge in [0.2, 0.25) is 16.0 Å². The molecule has 0 spiro atoms. The van der Waals surface area contributed by atoms with Crippen molar-refractivity contribution in [3.8, 4) is 67.0 Å². The summed E-state index contributed by atoms with van der Waals surface area (Å²) in [7, 11) is -0.355. The zero-order valence-electron chi connectivity index (χ0n) is 87.5. The number of aliphatic hydroxyl groups excluding tert-OH is 1. The number of carbonyl (C=O) groups is 2. The van der Waals surface area contributed by atoms with E-state index < -0.39 is 16.1 Å². The number of rotatable bonds is 22. The predicted molar refractivity (Wildman–Crippen MR) is 576 cm³/mol. The minimum Gasteiger partial charge on any atom is -0.461 e. The Bertz CT molecular complexity index is 6930. The Morgan fingerprint density at radius 2 is 1.00 bits per heavy atom. The van der Waals surface area contributed by atoms with Crippen LogP contribution in [0, 0.1) is 73.5 Å². The zero-order chi connectivity index (χ0) is 104. The number of para-hydroxylation sites is 3. The number of fused-ring (bicyclic) bond motifs is 3. The molecule has 1 fully saturated rings. The lowest BCUT2D eigenvalue weighted by Gasteiger charge is -2.41. The molecule has 3 aliphatic rings. The van der Waals surface area contributed by atoms with Crippen LogP contribution in [0.25, 0.3) is 88.8 Å². The van der Waals surface area contributed by atoms with E-state index in [0.717, 1.165) is 129 Å². The molecular formula is C122H141F5N8O7S. The van der Waals surface area contributed by atoms with Crippen molar-refractivity contribution >= 4 is 55.3 Å². The molecule has 9 aromatic carbocycles. The van der Waals surface area contributed by atoms with Crippen molar-refractivity contribution in [3.05, 3.63) is 345 Å². The number of benzene rings is 9. The molecule has 1 unspecified atom stereocenters. The van der Waals surface area contributed by atoms with Gasteiger partial charge in [0, 0.05) is 117 Å². The van der Waals surface area contributed by atoms with Crippen molar-refractivity contribution in [1.82, 2.24) is 29.1 Å². The topological polar surface area (TPSA) is 184 Å². The molecule has 3 aliphatic carbocycles. The molecule has 752 valence electrons. The van der Waals surface area contributed by atoms with Crippen LogP contribution in [0.15, 0.2) is 254 Å². The number of hydrogen-bond acceptors (Lipinski definition) is 11. The minimum absolute atomic E-state index is 0.0756. The van der Waals surface area contributed by atoms with Gasteiger partial charge in [0.15, 0.2) is 0 Å². The minimum atomic E-state index is -3.47. The van der Waals surface area contributed by atoms with Gasteiger partial charge in [-0.15, -0.1) is 0 Å². The van der Waals surface area contributed by atoms with Gasteiger partial charge >= 0.3 is 5.97 Å². The van der Waals surface area contributed by atoms with E-state index in [4.69, 9.17) is 19.4 Å². The first-order valence-corrected chi connectivity index (χ1v) is 51.8. The maximum atomic E-state index is 13.9. The second kappa shape index (κ2) is 47.6. The third kappa shape index (κ3) is 25.9. The summed E-state index contributed by atoms with van der Waals surface area (Å²) in [6, 6.07) is 69.4. The average Bonchev–Trinajstić information content (AvgIpc) is 1.57. The summed E-state index contributed by atoms with van der Waals surface area (Å²) in [5.74, 6) is 1.44. The van der Waals surface area contributed by atoms with E-state index in [1.54, 1.807) is 43.5 Å². The first-order chi connectivity index (χ1) is 67.8. The molecule has 14 aromatic rings. The number of anilines is 2. The monoisotopic (exact) mass is 1960 g/mol. The van der Waals surface area contributed by atoms with E-state index in [9.17, 15) is 45.1 Å². The quantitative estimate of drug-likeness (QED) is 0.0486. The van der Waals surface area contributed by atoms with Gasteiger partial charge in [0.1, 0.15) is 35.2 Å². The molecule has 0 radical (unpaired) electrons. The van der Waals surface area contributed by atoms with Crippen LogP contribution in [0.2, 0.25) is 0 Å². The Kier molecular flexibility index (Phi) is 36.3. The van der Waals surface area contributed by atoms with Gasteiger partial charge < -0.3 is 29.0 Å². The van der Waals surface area contributed by atoms with E-state index in [1.165, 1.54) is 107 Å². The lowest BCUT2D eigenvalue weighted by atomic mass is 9.69. The third-order valence-electron chi connectivity index (χ3n) is 26.9. The molecule has 5 heterocycles. The summed E-state index contributed by atoms with van der Waals surface area (Å²) in [6.45, 7) is 47.0. The molecule has 0 bridgehead atoms. The van der Waals surface area contributed by atoms with E-state index >= 15 is 0 Å². The highest BCUT2D eigenvalue weighted by Gasteiger charge is 2.42. The number of aliphatic hydroxyl groups is 1. The van der Waals surface area contributed by atoms with Crippen molar-refractivity contribution < 1.29 is 54.5 Å². The van der Waals surface area contributed by atoms with Gasteiger partial charge in [0.25, 0.3) is 5.91 Å². The molecule has 143 heavy (non-hydrogen) atoms. The van der Waals surface area contributed by atoms with Crippen molar-refractivity contribution in [2.24, 2.45) is 23.7 Å². The maximum Gasteiger partial charge on any atom is 0.308 e. The van der Waals surface area contributed by atoms with Crippen LogP contribution in [-0.4, -0.2) is 87.1 Å². The van der Waals surface area contributed by atoms with E-state index in [1.807, 2.05) is 150 Å². The number of esters is 1. The number of ether oxygens (including phenoxy) is 2. The summed E-state index contributed by atoms with van der Waals surface area (Å²) in [5.41, 5.74) is 26.9. The first-order valence-electron chi connectivity index (χ1n) is 50.0. The Morgan fingerprint density at radius 3 is 1.49 bits per heavy atom. The summed E-state index contributed by atoms with van der Waals surface area (Å²) < 4.78 is 107. The molecule has 5 aromatic heterocycles. The molecule has 17 rings (SSSR count). The van der Waals surface area contributed by atoms with E-state index in [0.29, 0.717) is 65.8 Å². The Hall–Kier alpha value is -12.8. The molecular weight excluding hydrogens is 1820 g/mol. The van der Waals surface area contributed by atoms with Crippen LogP contribution in [0.3, 0.4) is 0 Å². The van der Waals surface area contributed by atoms with Crippen LogP contribution in [0.4, 0.5) is 33.6 Å². The van der Waals surface area contributed by atoms with Crippen LogP contribution in [0.5, 0.6) is 0 Å². The fraction of sp³-hybridized carbons (Fsp3) is 0.361. The number of methoxy groups -OCH3 is 1. The second-order valence-electron chi connectivity index (χ2n) is 40.8. The number of sulfonamides is 1. The van der Waals surface area contributed by atoms with Gasteiger partial charge in [-0.1, -0.05) is 236 Å². The molecule has 0 aliphatic heterocycles. The smallest absolute Gasteiger partial charge is 0.308 e. The largest absolute Gasteiger partial charge is 0.461 e. The van der Waals surface area contributed by atoms with Gasteiger partial charge in [-0.2, -0.15) is 0 Å². The van der Waals surface area contributed by atoms with Gasteiger partial charge in [-0.3, -0.25) is 19.6 Å². The van der Waals surface area contributed by atoms with Crippen molar-refractivity contribution in [1.29, 1.82) is 0 Å². The number of allylic oxidation sites excluding steroid dienone is 2. The highest BCUT2D eigenvalue weighted by atomic mass is 32.2. The number of aromatic nitrogens is 6. The fourth-order valence-electron chi connectivity index (χ4n) is 19.4. The summed E-state index contributed by atoms with van der Waals surface area (Å²) >= 11 is 0. The Labute approximate surface area is 843 Å². The fourth-order valence-corrected chi connectivity index (χ4v) is 19.8. The van der Waals surface area contributed by atoms with Gasteiger partial charge in [-0.25, -0.2) is 44.6 Å². The standard InChI is InChI=1S/C30H31FN2O.C20H26FNO.C20H22FN.C19H16FN.C17H26O3.C16H20FN3O2S/c1-20(2)27-26(29(34)32-24-14-10-7-11-15-24)25(21-12-8-6-9-13-21)28(33(27)30(3,4)5)22-16-18-23(31)19-17-22;1-12(2)19-14(5)18(15-7-9-16(21)10-8-15)17(11-23-6)20(22-19)13(3)4;1-13(2)20-19(15-9-11-16(21)12-10-15)17-7-5-6-8-18(17)22(20)14(3)4;1-12-18(13-8-10-15(20)11-9-13)16-4-2-3-5-17(16)21-19(12)14-6-7-14;1-5-10(2)17(19)20-15-9-14(18)8-13-7-6-11(3)12(4)16(13)15;1-10(2)14-11(3)15(12-6-8-13(17)9-7-12)19-16(18-14)20(4)23(5,21)22/h6-20H,1-5H3,(H,32,34);7-10,12-13H,11H2,1-6H3;5-14H,1-4H3;2-5,8-11,14H,6-7H2,1H3;6-8,10-12,14-16,18H,5,9H2,1-4H3;6-10H,1-5H3/t;;;;10-,11+,12-,14+,15-,16?;/m....0./s1. The molecule has 1 amide bonds. The van der Waals surface area contributed by atoms with Crippen molar-refractivity contribution in [2.75, 3.05) is 30.0 Å². The summed E-state index contributed by atoms with van der Waals surface area (Å²) in [4.78, 5) is 44.6. The lowest BCUT2D eigenvalue weighted by molar-refractivity contribution is -0.158. The van der Waals surface area contributed by atoms with E-state index in [-0.39, 0.29) is 82.2 Å². The highest BCUT2D eigenvalue weighted by molar-refractivity contribution is 7.92. The van der Waals surface area contributed by atoms with Crippen LogP contribution in [0.1, 0.15) is 266 Å². The number of halogens is 5. The van der Waals surface area contributed by atoms with Gasteiger partial charge in [0.05, 0.1) is 53.0 Å². The lowest BCUT2D eigenvalue weighted by Crippen LogP contribution is -2.41. The molecule has 1 saturated carbocycles. The maximum absolute atomic E-state index is 13.9. The zero-order valence-corrected chi connectivity index (χ0v) is 88.4. The summed E-state index contributed by atoms with van der Waals surface area (Å²) in [6.07, 6.45) is 10.3. The number of hydrogen-bond donors (Lipinski definition) is 2. The SMILES string of the molecule is CC(C)c1c(-c2ccc(F)cc2)c2ccccc2n1C(C)C.CC(C)c1c(C(=O)Nc2ccccc2)c(-c2ccccc2)c(-c2ccc(F)cc2)n1C(C)(C)C.CC[C@H](C)C(=O)O[C@H]1C[C@H](O)C=C2C=C[C@@H](C)[C@H](C)C21.COCc1c(C(C)C)nc(C(C)C)c(C)c1-c1ccc(F)cc1.Cc1c(-c2ccc(F)cc2)nc(N(C)S(C)(=O)=O)nc1C(C)C.Cc1c(C2CC2)nc2ccccc2c1-c1ccc(F)cc1. The van der Waals surface area contributed by atoms with Crippen LogP contribution >= 0.6 is 0 Å². The number of nitrogens with one attached hydrogen (secondary N) is 1.